The summed E-state index contributed by atoms with van der Waals surface area (Å²) in [6.07, 6.45) is -0.850. The number of carboxylic acids is 1. The van der Waals surface area contributed by atoms with Gasteiger partial charge in [-0.15, -0.1) is 0 Å². The number of β-lactam (4-membered cyclic amide) rings is 1. The molecular formula is C8H10NO4S2+. The number of amides is 1. The molecule has 0 spiro atoms. The van der Waals surface area contributed by atoms with Gasteiger partial charge in [0.1, 0.15) is 6.42 Å². The van der Waals surface area contributed by atoms with Crippen LogP contribution in [0.4, 0.5) is 0 Å². The number of carbonyl (C=O) groups excluding carboxylic acids is 1. The van der Waals surface area contributed by atoms with Crippen LogP contribution in [0.1, 0.15) is 6.42 Å². The maximum Gasteiger partial charge on any atom is 0.364 e. The van der Waals surface area contributed by atoms with Crippen molar-refractivity contribution in [2.75, 3.05) is 5.75 Å². The molecule has 2 heterocycles. The molecule has 0 radical (unpaired) electrons. The number of thiocarbonyl (C=S) groups is 1. The minimum absolute atomic E-state index is 0.146. The predicted octanol–water partition coefficient (Wildman–Crippen LogP) is -0.422. The van der Waals surface area contributed by atoms with Crippen molar-refractivity contribution >= 4 is 41.2 Å². The number of aliphatic hydroxyl groups excluding tert-OH is 1. The van der Waals surface area contributed by atoms with Crippen molar-refractivity contribution in [2.24, 2.45) is 0 Å². The number of aliphatic carboxylic acids is 1. The summed E-state index contributed by atoms with van der Waals surface area (Å²) in [5.74, 6) is -0.925. The summed E-state index contributed by atoms with van der Waals surface area (Å²) < 4.78 is -0.399. The van der Waals surface area contributed by atoms with Crippen molar-refractivity contribution in [3.05, 3.63) is 0 Å². The van der Waals surface area contributed by atoms with Gasteiger partial charge in [-0.3, -0.25) is 0 Å². The molecule has 2 N–H and O–H groups in total. The zero-order valence-electron chi connectivity index (χ0n) is 7.70. The van der Waals surface area contributed by atoms with E-state index in [4.69, 9.17) is 5.11 Å². The van der Waals surface area contributed by atoms with Crippen LogP contribution in [0.2, 0.25) is 0 Å². The molecule has 5 nitrogen and oxygen atoms in total. The normalized spacial score (nSPS) is 40.5. The van der Waals surface area contributed by atoms with Crippen LogP contribution in [0, 0.1) is 0 Å². The minimum atomic E-state index is -1.18. The summed E-state index contributed by atoms with van der Waals surface area (Å²) in [6.45, 7) is 0. The number of aliphatic hydroxyl groups is 1. The number of carbonyl (C=O) groups is 2. The van der Waals surface area contributed by atoms with Gasteiger partial charge in [0.2, 0.25) is 12.3 Å². The third kappa shape index (κ3) is 1.20. The van der Waals surface area contributed by atoms with Crippen LogP contribution in [0.15, 0.2) is 0 Å². The molecule has 0 aromatic heterocycles. The number of carboxylic acid groups (broad SMARTS) is 1. The molecule has 4 atom stereocenters. The third-order valence-electron chi connectivity index (χ3n) is 3.06. The van der Waals surface area contributed by atoms with Gasteiger partial charge in [0, 0.05) is 0 Å². The van der Waals surface area contributed by atoms with E-state index in [1.807, 2.05) is 0 Å². The molecule has 0 aromatic rings. The summed E-state index contributed by atoms with van der Waals surface area (Å²) in [6, 6.07) is -0.865. The summed E-state index contributed by atoms with van der Waals surface area (Å²) in [5.41, 5.74) is 0. The fraction of sp³-hybridized carbons (Fsp3) is 0.625. The van der Waals surface area contributed by atoms with Crippen LogP contribution in [-0.4, -0.2) is 55.3 Å². The largest absolute Gasteiger partial charge is 0.477 e. The van der Waals surface area contributed by atoms with Crippen molar-refractivity contribution in [3.8, 4) is 0 Å². The molecule has 2 aliphatic heterocycles. The molecule has 15 heavy (non-hydrogen) atoms. The Morgan fingerprint density at radius 3 is 2.87 bits per heavy atom. The lowest BCUT2D eigenvalue weighted by Crippen LogP contribution is -2.75. The van der Waals surface area contributed by atoms with Gasteiger partial charge in [-0.2, -0.15) is 0 Å². The lowest BCUT2D eigenvalue weighted by atomic mass is 10.0. The van der Waals surface area contributed by atoms with Crippen molar-refractivity contribution in [2.45, 2.75) is 24.1 Å². The highest BCUT2D eigenvalue weighted by Crippen LogP contribution is 2.48. The Morgan fingerprint density at radius 1 is 1.73 bits per heavy atom. The predicted molar refractivity (Wildman–Crippen MR) is 57.2 cm³/mol. The van der Waals surface area contributed by atoms with Crippen LogP contribution >= 0.6 is 24.0 Å². The molecule has 0 aliphatic carbocycles. The number of hydrogen-bond donors (Lipinski definition) is 2. The highest BCUT2D eigenvalue weighted by molar-refractivity contribution is 8.00. The first kappa shape index (κ1) is 11.0. The summed E-state index contributed by atoms with van der Waals surface area (Å²) in [7, 11) is 0. The Labute approximate surface area is 95.6 Å². The molecule has 2 rings (SSSR count). The monoisotopic (exact) mass is 248 g/mol. The Hall–Kier alpha value is -0.500. The maximum atomic E-state index is 11.6. The second kappa shape index (κ2) is 3.51. The quantitative estimate of drug-likeness (QED) is 0.401. The summed E-state index contributed by atoms with van der Waals surface area (Å²) >= 11 is 6.04. The zero-order chi connectivity index (χ0) is 11.2. The van der Waals surface area contributed by atoms with Crippen molar-refractivity contribution in [1.29, 1.82) is 0 Å². The Morgan fingerprint density at radius 2 is 2.40 bits per heavy atom. The van der Waals surface area contributed by atoms with E-state index >= 15 is 0 Å². The fourth-order valence-electron chi connectivity index (χ4n) is 2.25. The average Bonchev–Trinajstić information content (AvgIpc) is 2.50. The van der Waals surface area contributed by atoms with E-state index in [-0.39, 0.29) is 11.3 Å². The fourth-order valence-corrected chi connectivity index (χ4v) is 4.14. The number of quaternary nitrogens is 1. The molecule has 0 bridgehead atoms. The molecule has 2 aliphatic rings. The number of fused-ring (bicyclic) bond motifs is 1. The Bertz CT molecular complexity index is 348. The molecule has 1 amide bonds. The van der Waals surface area contributed by atoms with Gasteiger partial charge in [-0.25, -0.2) is 14.1 Å². The lowest BCUT2D eigenvalue weighted by Gasteiger charge is -2.47. The Balaban J connectivity index is 2.40. The SMILES string of the molecule is O=C(O)C1CSC2CC(=O)[N+]21C(O)C=S. The van der Waals surface area contributed by atoms with E-state index in [9.17, 15) is 14.7 Å². The van der Waals surface area contributed by atoms with Gasteiger partial charge in [0.25, 0.3) is 0 Å². The van der Waals surface area contributed by atoms with E-state index in [1.54, 1.807) is 0 Å². The molecule has 2 fully saturated rings. The van der Waals surface area contributed by atoms with E-state index in [2.05, 4.69) is 12.2 Å². The number of thioether (sulfide) groups is 1. The molecule has 0 saturated carbocycles. The van der Waals surface area contributed by atoms with Crippen molar-refractivity contribution < 1.29 is 24.3 Å². The summed E-state index contributed by atoms with van der Waals surface area (Å²) in [4.78, 5) is 22.6. The number of nitrogens with zero attached hydrogens (tertiary/aromatic N) is 1. The van der Waals surface area contributed by atoms with E-state index in [0.29, 0.717) is 12.2 Å². The van der Waals surface area contributed by atoms with E-state index in [1.165, 1.54) is 11.8 Å². The molecule has 4 unspecified atom stereocenters. The topological polar surface area (TPSA) is 74.6 Å². The molecular weight excluding hydrogens is 238 g/mol. The summed E-state index contributed by atoms with van der Waals surface area (Å²) in [5, 5.41) is 19.7. The van der Waals surface area contributed by atoms with Crippen LogP contribution < -0.4 is 0 Å². The first-order valence-corrected chi connectivity index (χ1v) is 5.96. The van der Waals surface area contributed by atoms with Crippen LogP contribution in [0.25, 0.3) is 0 Å². The van der Waals surface area contributed by atoms with Crippen LogP contribution in [0.5, 0.6) is 0 Å². The maximum absolute atomic E-state index is 11.6. The van der Waals surface area contributed by atoms with Crippen LogP contribution in [0.3, 0.4) is 0 Å². The van der Waals surface area contributed by atoms with E-state index < -0.39 is 22.7 Å². The number of rotatable bonds is 3. The van der Waals surface area contributed by atoms with Gasteiger partial charge in [-0.05, 0) is 0 Å². The van der Waals surface area contributed by atoms with Gasteiger partial charge >= 0.3 is 11.9 Å². The third-order valence-corrected chi connectivity index (χ3v) is 4.72. The first-order valence-electron chi connectivity index (χ1n) is 4.44. The smallest absolute Gasteiger partial charge is 0.364 e. The van der Waals surface area contributed by atoms with Gasteiger partial charge in [-0.1, -0.05) is 24.0 Å². The molecule has 2 saturated heterocycles. The number of hydrogen-bond acceptors (Lipinski definition) is 5. The van der Waals surface area contributed by atoms with Crippen molar-refractivity contribution in [1.82, 2.24) is 0 Å². The van der Waals surface area contributed by atoms with Crippen LogP contribution in [-0.2, 0) is 9.59 Å². The first-order chi connectivity index (χ1) is 7.05. The molecule has 0 aromatic carbocycles. The molecule has 82 valence electrons. The second-order valence-electron chi connectivity index (χ2n) is 3.62. The average molecular weight is 248 g/mol. The highest BCUT2D eigenvalue weighted by Gasteiger charge is 2.69. The Kier molecular flexibility index (Phi) is 2.58. The lowest BCUT2D eigenvalue weighted by molar-refractivity contribution is -0.930. The van der Waals surface area contributed by atoms with Gasteiger partial charge in [0.05, 0.1) is 11.1 Å². The second-order valence-corrected chi connectivity index (χ2v) is 5.11. The zero-order valence-corrected chi connectivity index (χ0v) is 9.33. The minimum Gasteiger partial charge on any atom is -0.477 e. The van der Waals surface area contributed by atoms with Gasteiger partial charge < -0.3 is 10.2 Å². The van der Waals surface area contributed by atoms with Gasteiger partial charge in [0.15, 0.2) is 5.37 Å². The van der Waals surface area contributed by atoms with Crippen molar-refractivity contribution in [3.63, 3.8) is 0 Å². The highest BCUT2D eigenvalue weighted by atomic mass is 32.2. The molecule has 7 heteroatoms. The standard InChI is InChI=1S/C8H9NO4S2/c10-5-1-7-9(5,6(11)2-14)4(3-15-7)8(12)13/h2,4,6-7,11H,1,3H2/p+1. The van der Waals surface area contributed by atoms with E-state index in [0.717, 1.165) is 5.37 Å².